The molecule has 1 aromatic rings. The molecular weight excluding hydrogens is 368 g/mol. The van der Waals surface area contributed by atoms with Gasteiger partial charge in [-0.1, -0.05) is 30.3 Å². The Hall–Kier alpha value is -2.85. The van der Waals surface area contributed by atoms with Gasteiger partial charge >= 0.3 is 12.1 Å². The number of hydrogen-bond donors (Lipinski definition) is 3. The molecule has 3 fully saturated rings. The van der Waals surface area contributed by atoms with Crippen LogP contribution in [0.15, 0.2) is 30.3 Å². The van der Waals surface area contributed by atoms with Crippen molar-refractivity contribution in [2.24, 2.45) is 11.8 Å². The van der Waals surface area contributed by atoms with Crippen molar-refractivity contribution in [3.8, 4) is 0 Å². The number of urea groups is 1. The number of hydroxylamine groups is 3. The van der Waals surface area contributed by atoms with Gasteiger partial charge in [-0.25, -0.2) is 15.1 Å². The number of carboxylic acid groups (broad SMARTS) is 1. The maximum Gasteiger partial charge on any atom is 0.404 e. The van der Waals surface area contributed by atoms with Crippen molar-refractivity contribution in [1.29, 1.82) is 0 Å². The van der Waals surface area contributed by atoms with Crippen molar-refractivity contribution in [3.63, 3.8) is 0 Å². The third kappa shape index (κ3) is 3.60. The van der Waals surface area contributed by atoms with Crippen molar-refractivity contribution >= 4 is 18.0 Å². The Morgan fingerprint density at radius 3 is 2.75 bits per heavy atom. The van der Waals surface area contributed by atoms with Gasteiger partial charge in [-0.15, -0.1) is 0 Å². The Morgan fingerprint density at radius 1 is 1.21 bits per heavy atom. The van der Waals surface area contributed by atoms with E-state index >= 15 is 0 Å². The Balaban J connectivity index is 1.32. The molecule has 4 rings (SSSR count). The van der Waals surface area contributed by atoms with Crippen molar-refractivity contribution in [2.45, 2.75) is 25.1 Å². The molecular formula is C18H22N4O6. The normalized spacial score (nSPS) is 27.4. The molecule has 1 aliphatic carbocycles. The van der Waals surface area contributed by atoms with E-state index in [1.165, 1.54) is 9.96 Å². The largest absolute Gasteiger partial charge is 0.465 e. The number of hydrogen-bond acceptors (Lipinski definition) is 5. The van der Waals surface area contributed by atoms with Crippen LogP contribution < -0.4 is 10.8 Å². The SMILES string of the molecule is O=C(O)NCCONC(=O)[C@H]1[C@@H]2C[C@@H]2[C@H]2CN1C(=O)N2OCc1ccccc1. The summed E-state index contributed by atoms with van der Waals surface area (Å²) in [7, 11) is 0. The van der Waals surface area contributed by atoms with Gasteiger partial charge in [-0.2, -0.15) is 5.06 Å². The van der Waals surface area contributed by atoms with Gasteiger partial charge in [0.1, 0.15) is 12.6 Å². The topological polar surface area (TPSA) is 120 Å². The first-order chi connectivity index (χ1) is 13.6. The molecule has 0 unspecified atom stereocenters. The van der Waals surface area contributed by atoms with E-state index in [1.54, 1.807) is 0 Å². The van der Waals surface area contributed by atoms with Gasteiger partial charge in [-0.05, 0) is 23.8 Å². The lowest BCUT2D eigenvalue weighted by atomic mass is 10.0. The fourth-order valence-corrected chi connectivity index (χ4v) is 4.03. The second-order valence-electron chi connectivity index (χ2n) is 7.14. The number of amides is 4. The Bertz CT molecular complexity index is 760. The summed E-state index contributed by atoms with van der Waals surface area (Å²) in [5, 5.41) is 12.0. The lowest BCUT2D eigenvalue weighted by molar-refractivity contribution is -0.144. The molecule has 3 aliphatic rings. The van der Waals surface area contributed by atoms with E-state index in [-0.39, 0.29) is 43.0 Å². The van der Waals surface area contributed by atoms with Crippen LogP contribution in [0.1, 0.15) is 12.0 Å². The number of nitrogens with zero attached hydrogens (tertiary/aromatic N) is 2. The maximum absolute atomic E-state index is 12.8. The van der Waals surface area contributed by atoms with E-state index in [1.807, 2.05) is 30.3 Å². The van der Waals surface area contributed by atoms with Crippen LogP contribution in [-0.2, 0) is 21.1 Å². The first-order valence-corrected chi connectivity index (χ1v) is 9.21. The fourth-order valence-electron chi connectivity index (χ4n) is 4.03. The molecule has 10 nitrogen and oxygen atoms in total. The molecule has 150 valence electrons. The molecule has 1 aromatic carbocycles. The Morgan fingerprint density at radius 2 is 2.00 bits per heavy atom. The molecule has 1 saturated carbocycles. The van der Waals surface area contributed by atoms with Gasteiger partial charge in [0, 0.05) is 13.1 Å². The summed E-state index contributed by atoms with van der Waals surface area (Å²) in [6.07, 6.45) is -0.300. The molecule has 2 aliphatic heterocycles. The monoisotopic (exact) mass is 390 g/mol. The lowest BCUT2D eigenvalue weighted by Crippen LogP contribution is -2.51. The van der Waals surface area contributed by atoms with Crippen molar-refractivity contribution in [1.82, 2.24) is 20.8 Å². The molecule has 10 heteroatoms. The lowest BCUT2D eigenvalue weighted by Gasteiger charge is -2.28. The van der Waals surface area contributed by atoms with Crippen molar-refractivity contribution < 1.29 is 29.2 Å². The highest BCUT2D eigenvalue weighted by Crippen LogP contribution is 2.53. The van der Waals surface area contributed by atoms with E-state index in [4.69, 9.17) is 14.8 Å². The molecule has 2 saturated heterocycles. The summed E-state index contributed by atoms with van der Waals surface area (Å²) in [4.78, 5) is 48.0. The van der Waals surface area contributed by atoms with Gasteiger partial charge in [0.15, 0.2) is 0 Å². The predicted octanol–water partition coefficient (Wildman–Crippen LogP) is 0.558. The first-order valence-electron chi connectivity index (χ1n) is 9.21. The zero-order valence-electron chi connectivity index (χ0n) is 15.1. The highest BCUT2D eigenvalue weighted by atomic mass is 16.7. The summed E-state index contributed by atoms with van der Waals surface area (Å²) >= 11 is 0. The minimum absolute atomic E-state index is 0.00172. The van der Waals surface area contributed by atoms with Gasteiger partial charge in [0.05, 0.1) is 12.6 Å². The van der Waals surface area contributed by atoms with Crippen molar-refractivity contribution in [2.75, 3.05) is 19.7 Å². The molecule has 0 radical (unpaired) electrons. The molecule has 28 heavy (non-hydrogen) atoms. The molecule has 0 aromatic heterocycles. The molecule has 0 spiro atoms. The molecule has 4 atom stereocenters. The second-order valence-corrected chi connectivity index (χ2v) is 7.14. The average molecular weight is 390 g/mol. The van der Waals surface area contributed by atoms with Gasteiger partial charge < -0.3 is 15.3 Å². The van der Waals surface area contributed by atoms with E-state index in [0.717, 1.165) is 12.0 Å². The number of fused-ring (bicyclic) bond motifs is 4. The minimum atomic E-state index is -1.16. The third-order valence-corrected chi connectivity index (χ3v) is 5.38. The smallest absolute Gasteiger partial charge is 0.404 e. The van der Waals surface area contributed by atoms with Crippen LogP contribution in [0.4, 0.5) is 9.59 Å². The van der Waals surface area contributed by atoms with Crippen LogP contribution in [0, 0.1) is 11.8 Å². The quantitative estimate of drug-likeness (QED) is 0.441. The summed E-state index contributed by atoms with van der Waals surface area (Å²) < 4.78 is 0. The molecule has 4 amide bonds. The van der Waals surface area contributed by atoms with Crippen molar-refractivity contribution in [3.05, 3.63) is 35.9 Å². The zero-order valence-corrected chi connectivity index (χ0v) is 15.1. The third-order valence-electron chi connectivity index (χ3n) is 5.38. The summed E-state index contributed by atoms with van der Waals surface area (Å²) in [5.41, 5.74) is 3.30. The highest BCUT2D eigenvalue weighted by molar-refractivity contribution is 5.89. The molecule has 2 heterocycles. The summed E-state index contributed by atoms with van der Waals surface area (Å²) in [5.74, 6) is -0.0591. The van der Waals surface area contributed by atoms with Crippen LogP contribution in [0.25, 0.3) is 0 Å². The summed E-state index contributed by atoms with van der Waals surface area (Å²) in [6, 6.07) is 8.67. The minimum Gasteiger partial charge on any atom is -0.465 e. The highest BCUT2D eigenvalue weighted by Gasteiger charge is 2.64. The standard InChI is InChI=1S/C18H22N4O6/c23-16(20-27-7-6-19-17(24)25)15-13-8-12(13)14-9-21(15)18(26)22(14)28-10-11-4-2-1-3-5-11/h1-5,12-15,19H,6-10H2,(H,20,23)(H,24,25)/t12-,13+,14+,15+/m0/s1. The number of nitrogens with one attached hydrogen (secondary N) is 2. The maximum atomic E-state index is 12.8. The number of carbonyl (C=O) groups is 3. The number of piperidine rings is 1. The van der Waals surface area contributed by atoms with Gasteiger partial charge in [0.25, 0.3) is 5.91 Å². The van der Waals surface area contributed by atoms with Gasteiger partial charge in [0.2, 0.25) is 0 Å². The van der Waals surface area contributed by atoms with E-state index in [2.05, 4.69) is 10.8 Å². The Labute approximate surface area is 161 Å². The Kier molecular flexibility index (Phi) is 5.05. The molecule has 3 N–H and O–H groups in total. The predicted molar refractivity (Wildman–Crippen MR) is 94.5 cm³/mol. The van der Waals surface area contributed by atoms with Crippen LogP contribution in [0.5, 0.6) is 0 Å². The fraction of sp³-hybridized carbons (Fsp3) is 0.500. The van der Waals surface area contributed by atoms with E-state index in [0.29, 0.717) is 13.2 Å². The van der Waals surface area contributed by atoms with E-state index < -0.39 is 12.1 Å². The van der Waals surface area contributed by atoms with Crippen LogP contribution in [0.3, 0.4) is 0 Å². The van der Waals surface area contributed by atoms with Gasteiger partial charge in [-0.3, -0.25) is 14.5 Å². The molecule has 2 bridgehead atoms. The van der Waals surface area contributed by atoms with Crippen LogP contribution in [0.2, 0.25) is 0 Å². The zero-order chi connectivity index (χ0) is 19.7. The van der Waals surface area contributed by atoms with Crippen LogP contribution >= 0.6 is 0 Å². The number of benzene rings is 1. The van der Waals surface area contributed by atoms with E-state index in [9.17, 15) is 14.4 Å². The average Bonchev–Trinajstić information content (AvgIpc) is 3.43. The summed E-state index contributed by atoms with van der Waals surface area (Å²) in [6.45, 7) is 0.804. The number of carbonyl (C=O) groups excluding carboxylic acids is 2. The first kappa shape index (κ1) is 18.5. The number of rotatable bonds is 8. The second kappa shape index (κ2) is 7.64. The van der Waals surface area contributed by atoms with Crippen LogP contribution in [-0.4, -0.2) is 64.9 Å².